The average Bonchev–Trinajstić information content (AvgIpc) is 2.87. The van der Waals surface area contributed by atoms with Crippen LogP contribution in [0.15, 0.2) is 16.5 Å². The van der Waals surface area contributed by atoms with Crippen LogP contribution in [0.3, 0.4) is 0 Å². The van der Waals surface area contributed by atoms with Crippen molar-refractivity contribution in [2.75, 3.05) is 32.4 Å². The second-order valence-corrected chi connectivity index (χ2v) is 8.26. The van der Waals surface area contributed by atoms with Gasteiger partial charge in [0.15, 0.2) is 15.6 Å². The standard InChI is InChI=1S/C15H24N2O4S/c1-12-5-8-17(9-6-12)10-7-16-15(18)14-4-3-13(21-14)11-22(2,19)20/h3-4,12H,5-11H2,1-2H3,(H,16,18). The summed E-state index contributed by atoms with van der Waals surface area (Å²) in [5.41, 5.74) is 0. The second kappa shape index (κ2) is 7.28. The number of carbonyl (C=O) groups is 1. The van der Waals surface area contributed by atoms with Gasteiger partial charge in [-0.15, -0.1) is 0 Å². The highest BCUT2D eigenvalue weighted by Gasteiger charge is 2.17. The molecule has 1 fully saturated rings. The molecule has 0 aliphatic carbocycles. The van der Waals surface area contributed by atoms with Crippen LogP contribution in [0, 0.1) is 5.92 Å². The zero-order valence-electron chi connectivity index (χ0n) is 13.2. The fourth-order valence-electron chi connectivity index (χ4n) is 2.54. The summed E-state index contributed by atoms with van der Waals surface area (Å²) in [6.07, 6.45) is 3.55. The van der Waals surface area contributed by atoms with Crippen LogP contribution in [-0.4, -0.2) is 51.7 Å². The lowest BCUT2D eigenvalue weighted by Crippen LogP contribution is -2.39. The number of rotatable bonds is 6. The molecule has 1 saturated heterocycles. The van der Waals surface area contributed by atoms with Crippen molar-refractivity contribution in [3.63, 3.8) is 0 Å². The third-order valence-corrected chi connectivity index (χ3v) is 4.69. The van der Waals surface area contributed by atoms with Gasteiger partial charge in [-0.05, 0) is 44.0 Å². The van der Waals surface area contributed by atoms with Crippen molar-refractivity contribution in [3.8, 4) is 0 Å². The van der Waals surface area contributed by atoms with Crippen LogP contribution in [0.2, 0.25) is 0 Å². The Balaban J connectivity index is 1.75. The van der Waals surface area contributed by atoms with E-state index in [1.807, 2.05) is 0 Å². The molecule has 2 heterocycles. The zero-order chi connectivity index (χ0) is 16.2. The summed E-state index contributed by atoms with van der Waals surface area (Å²) in [4.78, 5) is 14.3. The topological polar surface area (TPSA) is 79.6 Å². The van der Waals surface area contributed by atoms with Crippen LogP contribution in [0.5, 0.6) is 0 Å². The number of likely N-dealkylation sites (tertiary alicyclic amines) is 1. The van der Waals surface area contributed by atoms with E-state index in [9.17, 15) is 13.2 Å². The number of hydrogen-bond donors (Lipinski definition) is 1. The summed E-state index contributed by atoms with van der Waals surface area (Å²) < 4.78 is 27.6. The van der Waals surface area contributed by atoms with Gasteiger partial charge >= 0.3 is 0 Å². The van der Waals surface area contributed by atoms with Crippen LogP contribution in [0.1, 0.15) is 36.1 Å². The van der Waals surface area contributed by atoms with Crippen molar-refractivity contribution in [2.45, 2.75) is 25.5 Å². The lowest BCUT2D eigenvalue weighted by atomic mass is 9.99. The molecule has 6 nitrogen and oxygen atoms in total. The highest BCUT2D eigenvalue weighted by atomic mass is 32.2. The number of nitrogens with zero attached hydrogens (tertiary/aromatic N) is 1. The molecule has 0 spiro atoms. The first-order chi connectivity index (χ1) is 10.3. The molecular weight excluding hydrogens is 304 g/mol. The second-order valence-electron chi connectivity index (χ2n) is 6.12. The number of amides is 1. The van der Waals surface area contributed by atoms with E-state index in [0.717, 1.165) is 31.8 Å². The fraction of sp³-hybridized carbons (Fsp3) is 0.667. The Morgan fingerprint density at radius 3 is 2.68 bits per heavy atom. The predicted octanol–water partition coefficient (Wildman–Crippen LogP) is 1.29. The van der Waals surface area contributed by atoms with Gasteiger partial charge in [0.05, 0.1) is 0 Å². The molecule has 0 bridgehead atoms. The van der Waals surface area contributed by atoms with Crippen LogP contribution >= 0.6 is 0 Å². The highest BCUT2D eigenvalue weighted by Crippen LogP contribution is 2.15. The van der Waals surface area contributed by atoms with Crippen molar-refractivity contribution in [1.29, 1.82) is 0 Å². The first-order valence-corrected chi connectivity index (χ1v) is 9.66. The van der Waals surface area contributed by atoms with E-state index < -0.39 is 9.84 Å². The van der Waals surface area contributed by atoms with Crippen LogP contribution in [-0.2, 0) is 15.6 Å². The predicted molar refractivity (Wildman–Crippen MR) is 84.4 cm³/mol. The van der Waals surface area contributed by atoms with Gasteiger partial charge in [-0.2, -0.15) is 0 Å². The van der Waals surface area contributed by atoms with E-state index in [4.69, 9.17) is 4.42 Å². The van der Waals surface area contributed by atoms with Gasteiger partial charge in [-0.25, -0.2) is 8.42 Å². The number of sulfone groups is 1. The molecule has 1 aromatic heterocycles. The summed E-state index contributed by atoms with van der Waals surface area (Å²) in [6.45, 7) is 5.82. The van der Waals surface area contributed by atoms with E-state index >= 15 is 0 Å². The van der Waals surface area contributed by atoms with Crippen molar-refractivity contribution < 1.29 is 17.6 Å². The minimum Gasteiger partial charge on any atom is -0.455 e. The van der Waals surface area contributed by atoms with Crippen molar-refractivity contribution >= 4 is 15.7 Å². The van der Waals surface area contributed by atoms with E-state index in [1.165, 1.54) is 25.0 Å². The maximum Gasteiger partial charge on any atom is 0.287 e. The minimum atomic E-state index is -3.16. The molecule has 0 aromatic carbocycles. The molecular formula is C15H24N2O4S. The molecule has 1 aromatic rings. The molecule has 0 saturated carbocycles. The number of carbonyl (C=O) groups excluding carboxylic acids is 1. The van der Waals surface area contributed by atoms with Gasteiger partial charge in [0.2, 0.25) is 0 Å². The van der Waals surface area contributed by atoms with Gasteiger partial charge in [0.1, 0.15) is 11.5 Å². The van der Waals surface area contributed by atoms with Gasteiger partial charge in [-0.1, -0.05) is 6.92 Å². The molecule has 1 N–H and O–H groups in total. The SMILES string of the molecule is CC1CCN(CCNC(=O)c2ccc(CS(C)(=O)=O)o2)CC1. The summed E-state index contributed by atoms with van der Waals surface area (Å²) in [7, 11) is -3.16. The molecule has 0 unspecified atom stereocenters. The fourth-order valence-corrected chi connectivity index (χ4v) is 3.21. The van der Waals surface area contributed by atoms with E-state index in [1.54, 1.807) is 0 Å². The van der Waals surface area contributed by atoms with Crippen LogP contribution in [0.25, 0.3) is 0 Å². The van der Waals surface area contributed by atoms with Gasteiger partial charge in [-0.3, -0.25) is 4.79 Å². The Hall–Kier alpha value is -1.34. The number of hydrogen-bond acceptors (Lipinski definition) is 5. The van der Waals surface area contributed by atoms with Crippen LogP contribution in [0.4, 0.5) is 0 Å². The van der Waals surface area contributed by atoms with Crippen molar-refractivity contribution in [1.82, 2.24) is 10.2 Å². The Morgan fingerprint density at radius 2 is 2.05 bits per heavy atom. The third-order valence-electron chi connectivity index (χ3n) is 3.88. The molecule has 1 aliphatic heterocycles. The minimum absolute atomic E-state index is 0.158. The highest BCUT2D eigenvalue weighted by molar-refractivity contribution is 7.89. The zero-order valence-corrected chi connectivity index (χ0v) is 14.0. The van der Waals surface area contributed by atoms with E-state index in [-0.39, 0.29) is 23.2 Å². The Morgan fingerprint density at radius 1 is 1.36 bits per heavy atom. The Kier molecular flexibility index (Phi) is 5.63. The third kappa shape index (κ3) is 5.46. The molecule has 124 valence electrons. The lowest BCUT2D eigenvalue weighted by molar-refractivity contribution is 0.0915. The summed E-state index contributed by atoms with van der Waals surface area (Å²) in [5, 5.41) is 2.81. The van der Waals surface area contributed by atoms with Crippen LogP contribution < -0.4 is 5.32 Å². The smallest absolute Gasteiger partial charge is 0.287 e. The van der Waals surface area contributed by atoms with Gasteiger partial charge in [0.25, 0.3) is 5.91 Å². The molecule has 0 radical (unpaired) electrons. The summed E-state index contributed by atoms with van der Waals surface area (Å²) in [5.74, 6) is 0.752. The van der Waals surface area contributed by atoms with Crippen molar-refractivity contribution in [2.24, 2.45) is 5.92 Å². The van der Waals surface area contributed by atoms with E-state index in [2.05, 4.69) is 17.1 Å². The average molecular weight is 328 g/mol. The first kappa shape index (κ1) is 17.0. The lowest BCUT2D eigenvalue weighted by Gasteiger charge is -2.30. The molecule has 7 heteroatoms. The maximum absolute atomic E-state index is 11.9. The Labute approximate surface area is 131 Å². The maximum atomic E-state index is 11.9. The van der Waals surface area contributed by atoms with E-state index in [0.29, 0.717) is 6.54 Å². The first-order valence-electron chi connectivity index (χ1n) is 7.60. The number of nitrogens with one attached hydrogen (secondary N) is 1. The number of piperidine rings is 1. The molecule has 1 amide bonds. The molecule has 22 heavy (non-hydrogen) atoms. The largest absolute Gasteiger partial charge is 0.455 e. The summed E-state index contributed by atoms with van der Waals surface area (Å²) in [6, 6.07) is 3.04. The van der Waals surface area contributed by atoms with Crippen molar-refractivity contribution in [3.05, 3.63) is 23.7 Å². The molecule has 1 aliphatic rings. The summed E-state index contributed by atoms with van der Waals surface area (Å²) >= 11 is 0. The monoisotopic (exact) mass is 328 g/mol. The Bertz CT molecular complexity index is 601. The van der Waals surface area contributed by atoms with Gasteiger partial charge < -0.3 is 14.6 Å². The van der Waals surface area contributed by atoms with Gasteiger partial charge in [0, 0.05) is 19.3 Å². The molecule has 0 atom stereocenters. The number of furan rings is 1. The quantitative estimate of drug-likeness (QED) is 0.851. The molecule has 2 rings (SSSR count). The normalized spacial score (nSPS) is 17.5.